The number of carbonyl (C=O) groups is 2. The van der Waals surface area contributed by atoms with Gasteiger partial charge in [0.15, 0.2) is 0 Å². The third-order valence-electron chi connectivity index (χ3n) is 6.89. The van der Waals surface area contributed by atoms with E-state index in [1.807, 2.05) is 0 Å². The van der Waals surface area contributed by atoms with Gasteiger partial charge in [-0.2, -0.15) is 13.5 Å². The van der Waals surface area contributed by atoms with Gasteiger partial charge in [0.05, 0.1) is 25.6 Å². The number of anilines is 2. The van der Waals surface area contributed by atoms with E-state index in [0.29, 0.717) is 22.6 Å². The first-order valence-electron chi connectivity index (χ1n) is 13.7. The van der Waals surface area contributed by atoms with Crippen LogP contribution in [0.5, 0.6) is 17.2 Å². The molecule has 0 saturated carbocycles. The second kappa shape index (κ2) is 17.0. The second-order valence-electron chi connectivity index (χ2n) is 9.94. The van der Waals surface area contributed by atoms with Crippen molar-refractivity contribution in [2.75, 3.05) is 25.3 Å². The average molecular weight is 715 g/mol. The number of rotatable bonds is 9. The normalized spacial score (nSPS) is 11.2. The molecule has 50 heavy (non-hydrogen) atoms. The minimum atomic E-state index is -4.67. The number of azo groups is 2. The van der Waals surface area contributed by atoms with Crippen LogP contribution in [0.2, 0.25) is 0 Å². The molecule has 0 heterocycles. The summed E-state index contributed by atoms with van der Waals surface area (Å²) in [5, 5.41) is 42.5. The van der Waals surface area contributed by atoms with Crippen LogP contribution < -0.4 is 89.9 Å². The van der Waals surface area contributed by atoms with E-state index >= 15 is 0 Å². The van der Waals surface area contributed by atoms with Gasteiger partial charge in [0.1, 0.15) is 39.4 Å². The molecule has 0 aliphatic rings. The van der Waals surface area contributed by atoms with Crippen molar-refractivity contribution >= 4 is 66.9 Å². The summed E-state index contributed by atoms with van der Waals surface area (Å²) in [5.41, 5.74) is 7.73. The fourth-order valence-electron chi connectivity index (χ4n) is 4.60. The Morgan fingerprint density at radius 3 is 1.76 bits per heavy atom. The van der Waals surface area contributed by atoms with Crippen LogP contribution in [0.4, 0.5) is 34.1 Å². The van der Waals surface area contributed by atoms with Gasteiger partial charge < -0.3 is 35.5 Å². The van der Waals surface area contributed by atoms with E-state index in [2.05, 4.69) is 25.8 Å². The van der Waals surface area contributed by atoms with Crippen molar-refractivity contribution in [2.45, 2.75) is 4.90 Å². The Labute approximate surface area is 329 Å². The summed E-state index contributed by atoms with van der Waals surface area (Å²) in [7, 11) is -1.82. The van der Waals surface area contributed by atoms with Gasteiger partial charge in [0.2, 0.25) is 0 Å². The molecule has 4 N–H and O–H groups in total. The number of methoxy groups -OCH3 is 2. The third kappa shape index (κ3) is 9.04. The smallest absolute Gasteiger partial charge is 0.871 e. The number of hydrogen-bond donors (Lipinski definition) is 3. The first-order valence-corrected chi connectivity index (χ1v) is 15.2. The molecule has 0 bridgehead atoms. The second-order valence-corrected chi connectivity index (χ2v) is 11.3. The van der Waals surface area contributed by atoms with Crippen LogP contribution in [0, 0.1) is 0 Å². The maximum Gasteiger partial charge on any atom is 1.00 e. The van der Waals surface area contributed by atoms with E-state index in [0.717, 1.165) is 6.07 Å². The zero-order valence-corrected chi connectivity index (χ0v) is 31.9. The molecule has 0 saturated heterocycles. The van der Waals surface area contributed by atoms with Crippen molar-refractivity contribution in [3.8, 4) is 28.4 Å². The first-order chi connectivity index (χ1) is 22.9. The number of nitrogens with zero attached hydrogens (tertiary/aromatic N) is 4. The van der Waals surface area contributed by atoms with E-state index < -0.39 is 32.6 Å². The van der Waals surface area contributed by atoms with E-state index in [1.165, 1.54) is 44.6 Å². The Kier molecular flexibility index (Phi) is 13.6. The van der Waals surface area contributed by atoms with E-state index in [-0.39, 0.29) is 104 Å². The molecule has 15 nitrogen and oxygen atoms in total. The van der Waals surface area contributed by atoms with Gasteiger partial charge in [-0.05, 0) is 65.0 Å². The van der Waals surface area contributed by atoms with E-state index in [9.17, 15) is 32.8 Å². The molecule has 0 aromatic heterocycles. The van der Waals surface area contributed by atoms with Gasteiger partial charge in [-0.15, -0.1) is 15.3 Å². The Bertz CT molecular complexity index is 2270. The van der Waals surface area contributed by atoms with Crippen LogP contribution in [0.15, 0.2) is 110 Å². The topological polar surface area (TPSA) is 241 Å². The molecular formula is C32H24N6Na2O9S. The number of amides is 1. The van der Waals surface area contributed by atoms with Gasteiger partial charge in [-0.25, -0.2) is 0 Å². The van der Waals surface area contributed by atoms with Crippen LogP contribution in [0.25, 0.3) is 21.9 Å². The Morgan fingerprint density at radius 1 is 0.740 bits per heavy atom. The Morgan fingerprint density at radius 2 is 1.24 bits per heavy atom. The standard InChI is InChI=1S/C32H26N6O9S.2Na/c1-46-27-13-17(7-10-23(27)36-35-22-12-9-19(33)15-25(22)34-31(40)32(41)42)18-8-11-24(28(14-18)47-2)37-38-26-16-29(48(43,44)45)20-5-3-4-6-21(20)30(26)39;;/h3-16,39H,33H2,1-2H3,(H,34,40)(H,41,42)(H,43,44,45);;/q;2*+1/p-2. The fourth-order valence-corrected chi connectivity index (χ4v) is 5.31. The number of hydrogen-bond acceptors (Lipinski definition) is 13. The predicted octanol–water partition coefficient (Wildman–Crippen LogP) is -1.05. The van der Waals surface area contributed by atoms with Crippen LogP contribution in [-0.2, 0) is 19.7 Å². The van der Waals surface area contributed by atoms with Crippen LogP contribution >= 0.6 is 0 Å². The summed E-state index contributed by atoms with van der Waals surface area (Å²) in [4.78, 5) is 22.0. The summed E-state index contributed by atoms with van der Waals surface area (Å²) in [6, 6.07) is 21.1. The number of nitrogens with one attached hydrogen (secondary N) is 1. The molecule has 0 spiro atoms. The molecule has 1 amide bonds. The van der Waals surface area contributed by atoms with Crippen LogP contribution in [-0.4, -0.2) is 39.1 Å². The fraction of sp³-hybridized carbons (Fsp3) is 0.0625. The Balaban J connectivity index is 0.00000338. The van der Waals surface area contributed by atoms with Gasteiger partial charge in [0.25, 0.3) is 16.0 Å². The molecule has 0 fully saturated rings. The van der Waals surface area contributed by atoms with Crippen molar-refractivity contribution < 1.29 is 101 Å². The summed E-state index contributed by atoms with van der Waals surface area (Å²) >= 11 is 0. The average Bonchev–Trinajstić information content (AvgIpc) is 3.07. The number of carbonyl (C=O) groups excluding carboxylic acids is 2. The van der Waals surface area contributed by atoms with Crippen LogP contribution in [0.1, 0.15) is 0 Å². The monoisotopic (exact) mass is 714 g/mol. The zero-order chi connectivity index (χ0) is 34.6. The number of carboxylic acids is 1. The van der Waals surface area contributed by atoms with Gasteiger partial charge >= 0.3 is 59.1 Å². The molecule has 244 valence electrons. The SMILES string of the molecule is COc1cc(-c2ccc(N=Nc3cc(S(=O)(=O)O)c4ccccc4c3[O-])c(OC)c2)ccc1N=Nc1ccc(N)cc1NC(=O)C(=O)[O-].[Na+].[Na+]. The number of aliphatic carboxylic acids is 1. The van der Waals surface area contributed by atoms with E-state index in [1.54, 1.807) is 48.5 Å². The minimum absolute atomic E-state index is 0. The molecule has 5 aromatic rings. The van der Waals surface area contributed by atoms with Gasteiger partial charge in [0, 0.05) is 11.1 Å². The van der Waals surface area contributed by atoms with Crippen molar-refractivity contribution in [2.24, 2.45) is 20.5 Å². The van der Waals surface area contributed by atoms with Crippen molar-refractivity contribution in [3.05, 3.63) is 84.9 Å². The molecule has 0 aliphatic heterocycles. The maximum absolute atomic E-state index is 13.0. The maximum atomic E-state index is 13.0. The summed E-state index contributed by atoms with van der Waals surface area (Å²) in [5.74, 6) is -3.28. The molecule has 18 heteroatoms. The summed E-state index contributed by atoms with van der Waals surface area (Å²) in [6.45, 7) is 0. The van der Waals surface area contributed by atoms with Gasteiger partial charge in [-0.3, -0.25) is 9.35 Å². The molecule has 5 aromatic carbocycles. The number of benzene rings is 5. The minimum Gasteiger partial charge on any atom is -0.871 e. The summed E-state index contributed by atoms with van der Waals surface area (Å²) in [6.07, 6.45) is 0. The van der Waals surface area contributed by atoms with Crippen molar-refractivity contribution in [1.29, 1.82) is 0 Å². The predicted molar refractivity (Wildman–Crippen MR) is 171 cm³/mol. The Hall–Kier alpha value is -4.39. The number of nitrogen functional groups attached to an aromatic ring is 1. The van der Waals surface area contributed by atoms with E-state index in [4.69, 9.17) is 15.2 Å². The number of nitrogens with two attached hydrogens (primary N) is 1. The molecule has 0 aliphatic carbocycles. The molecule has 0 atom stereocenters. The number of fused-ring (bicyclic) bond motifs is 1. The van der Waals surface area contributed by atoms with Crippen molar-refractivity contribution in [3.63, 3.8) is 0 Å². The molecule has 5 rings (SSSR count). The third-order valence-corrected chi connectivity index (χ3v) is 7.79. The quantitative estimate of drug-likeness (QED) is 0.0550. The first kappa shape index (κ1) is 40.0. The zero-order valence-electron chi connectivity index (χ0n) is 27.1. The molecular weight excluding hydrogens is 690 g/mol. The van der Waals surface area contributed by atoms with Gasteiger partial charge in [-0.1, -0.05) is 42.1 Å². The van der Waals surface area contributed by atoms with Crippen LogP contribution in [0.3, 0.4) is 0 Å². The largest absolute Gasteiger partial charge is 1.00 e. The number of carboxylic acid groups (broad SMARTS) is 1. The molecule has 0 unspecified atom stereocenters. The molecule has 0 radical (unpaired) electrons. The number of ether oxygens (including phenoxy) is 2. The van der Waals surface area contributed by atoms with Crippen molar-refractivity contribution in [1.82, 2.24) is 0 Å². The summed E-state index contributed by atoms with van der Waals surface area (Å²) < 4.78 is 44.7.